The van der Waals surface area contributed by atoms with Gasteiger partial charge in [0.25, 0.3) is 0 Å². The van der Waals surface area contributed by atoms with E-state index in [1.54, 1.807) is 0 Å². The van der Waals surface area contributed by atoms with Gasteiger partial charge in [0, 0.05) is 19.6 Å². The van der Waals surface area contributed by atoms with E-state index >= 15 is 0 Å². The van der Waals surface area contributed by atoms with Gasteiger partial charge in [0.05, 0.1) is 6.10 Å². The maximum atomic E-state index is 11.3. The zero-order valence-electron chi connectivity index (χ0n) is 12.3. The third kappa shape index (κ3) is 3.57. The Hall–Kier alpha value is -0.870. The Balaban J connectivity index is 1.99. The van der Waals surface area contributed by atoms with E-state index in [-0.39, 0.29) is 12.0 Å². The van der Waals surface area contributed by atoms with Crippen LogP contribution in [-0.4, -0.2) is 42.6 Å². The van der Waals surface area contributed by atoms with E-state index in [1.807, 2.05) is 6.92 Å². The van der Waals surface area contributed by atoms with Crippen molar-refractivity contribution in [2.45, 2.75) is 45.8 Å². The molecule has 1 aliphatic carbocycles. The molecular weight excluding hydrogens is 240 g/mol. The maximum absolute atomic E-state index is 11.3. The molecule has 4 atom stereocenters. The van der Waals surface area contributed by atoms with Crippen LogP contribution in [-0.2, 0) is 9.53 Å². The summed E-state index contributed by atoms with van der Waals surface area (Å²) in [7, 11) is 0. The third-order valence-corrected chi connectivity index (χ3v) is 4.47. The molecular formula is C15H26N2O2. The van der Waals surface area contributed by atoms with E-state index in [0.717, 1.165) is 19.0 Å². The molecule has 0 aromatic heterocycles. The van der Waals surface area contributed by atoms with E-state index in [9.17, 15) is 4.79 Å². The maximum Gasteiger partial charge on any atom is 0.247 e. The zero-order valence-corrected chi connectivity index (χ0v) is 12.3. The summed E-state index contributed by atoms with van der Waals surface area (Å²) in [6, 6.07) is 0. The van der Waals surface area contributed by atoms with Gasteiger partial charge in [0.1, 0.15) is 6.10 Å². The molecule has 4 heteroatoms. The van der Waals surface area contributed by atoms with Gasteiger partial charge in [-0.1, -0.05) is 18.6 Å². The van der Waals surface area contributed by atoms with Crippen LogP contribution in [0.5, 0.6) is 0 Å². The Kier molecular flexibility index (Phi) is 4.63. The molecule has 1 heterocycles. The Labute approximate surface area is 116 Å². The molecule has 0 spiro atoms. The standard InChI is InChI=1S/C15H26N2O2/c1-10-5-4-6-11(2)13(10)8-17-7-12(3)19-14(9-17)15(16)18/h5,11-14H,4,6-9H2,1-3H3,(H2,16,18)/t11-,12+,13+,14-/m0/s1. The summed E-state index contributed by atoms with van der Waals surface area (Å²) in [4.78, 5) is 13.7. The number of carbonyl (C=O) groups excluding carboxylic acids is 1. The summed E-state index contributed by atoms with van der Waals surface area (Å²) in [5.41, 5.74) is 6.87. The number of ether oxygens (including phenoxy) is 1. The van der Waals surface area contributed by atoms with Gasteiger partial charge < -0.3 is 10.5 Å². The summed E-state index contributed by atoms with van der Waals surface area (Å²) >= 11 is 0. The number of amides is 1. The molecule has 1 aliphatic heterocycles. The van der Waals surface area contributed by atoms with Crippen LogP contribution in [0.15, 0.2) is 11.6 Å². The zero-order chi connectivity index (χ0) is 14.0. The molecule has 0 unspecified atom stereocenters. The molecule has 0 radical (unpaired) electrons. The van der Waals surface area contributed by atoms with Crippen molar-refractivity contribution in [2.24, 2.45) is 17.6 Å². The molecule has 1 amide bonds. The quantitative estimate of drug-likeness (QED) is 0.789. The highest BCUT2D eigenvalue weighted by Gasteiger charge is 2.32. The number of allylic oxidation sites excluding steroid dienone is 1. The number of nitrogens with two attached hydrogens (primary N) is 1. The second-order valence-corrected chi connectivity index (χ2v) is 6.17. The third-order valence-electron chi connectivity index (χ3n) is 4.47. The molecule has 2 aliphatic rings. The van der Waals surface area contributed by atoms with Crippen molar-refractivity contribution in [2.75, 3.05) is 19.6 Å². The first-order valence-electron chi connectivity index (χ1n) is 7.31. The average molecular weight is 266 g/mol. The van der Waals surface area contributed by atoms with Gasteiger partial charge in [0.15, 0.2) is 0 Å². The highest BCUT2D eigenvalue weighted by atomic mass is 16.5. The Bertz CT molecular complexity index is 367. The van der Waals surface area contributed by atoms with Crippen molar-refractivity contribution in [3.8, 4) is 0 Å². The lowest BCUT2D eigenvalue weighted by molar-refractivity contribution is -0.142. The van der Waals surface area contributed by atoms with Crippen molar-refractivity contribution < 1.29 is 9.53 Å². The molecule has 0 saturated carbocycles. The first-order valence-corrected chi connectivity index (χ1v) is 7.31. The van der Waals surface area contributed by atoms with Gasteiger partial charge in [-0.2, -0.15) is 0 Å². The van der Waals surface area contributed by atoms with Crippen molar-refractivity contribution in [1.29, 1.82) is 0 Å². The summed E-state index contributed by atoms with van der Waals surface area (Å²) in [6.45, 7) is 9.11. The molecule has 2 rings (SSSR count). The molecule has 0 aromatic rings. The lowest BCUT2D eigenvalue weighted by Gasteiger charge is -2.39. The number of morpholine rings is 1. The number of primary amides is 1. The average Bonchev–Trinajstić information content (AvgIpc) is 2.33. The smallest absolute Gasteiger partial charge is 0.247 e. The molecule has 108 valence electrons. The van der Waals surface area contributed by atoms with Crippen LogP contribution in [0.4, 0.5) is 0 Å². The van der Waals surface area contributed by atoms with E-state index in [0.29, 0.717) is 12.5 Å². The van der Waals surface area contributed by atoms with Gasteiger partial charge in [0.2, 0.25) is 5.91 Å². The summed E-state index contributed by atoms with van der Waals surface area (Å²) in [6.07, 6.45) is 4.45. The minimum Gasteiger partial charge on any atom is -0.367 e. The summed E-state index contributed by atoms with van der Waals surface area (Å²) in [5, 5.41) is 0. The first-order chi connectivity index (χ1) is 8.97. The highest BCUT2D eigenvalue weighted by Crippen LogP contribution is 2.31. The minimum atomic E-state index is -0.452. The number of hydrogen-bond donors (Lipinski definition) is 1. The van der Waals surface area contributed by atoms with Crippen LogP contribution in [0.3, 0.4) is 0 Å². The van der Waals surface area contributed by atoms with Gasteiger partial charge in [-0.3, -0.25) is 9.69 Å². The van der Waals surface area contributed by atoms with Gasteiger partial charge in [-0.25, -0.2) is 0 Å². The lowest BCUT2D eigenvalue weighted by Crippen LogP contribution is -2.53. The molecule has 0 aromatic carbocycles. The van der Waals surface area contributed by atoms with Crippen LogP contribution in [0.25, 0.3) is 0 Å². The van der Waals surface area contributed by atoms with E-state index in [1.165, 1.54) is 18.4 Å². The topological polar surface area (TPSA) is 55.6 Å². The van der Waals surface area contributed by atoms with Gasteiger partial charge in [-0.05, 0) is 38.5 Å². The second-order valence-electron chi connectivity index (χ2n) is 6.17. The Morgan fingerprint density at radius 3 is 2.84 bits per heavy atom. The fourth-order valence-corrected chi connectivity index (χ4v) is 3.32. The first kappa shape index (κ1) is 14.5. The SMILES string of the molecule is CC1=CCC[C@H](C)[C@@H]1CN1C[C@@H](C)O[C@H](C(N)=O)C1. The largest absolute Gasteiger partial charge is 0.367 e. The lowest BCUT2D eigenvalue weighted by atomic mass is 9.79. The molecule has 1 saturated heterocycles. The minimum absolute atomic E-state index is 0.0782. The fraction of sp³-hybridized carbons (Fsp3) is 0.800. The van der Waals surface area contributed by atoms with Crippen LogP contribution in [0.1, 0.15) is 33.6 Å². The van der Waals surface area contributed by atoms with E-state index in [2.05, 4.69) is 24.8 Å². The Morgan fingerprint density at radius 1 is 1.47 bits per heavy atom. The normalized spacial score (nSPS) is 36.9. The van der Waals surface area contributed by atoms with Crippen LogP contribution in [0, 0.1) is 11.8 Å². The molecule has 4 nitrogen and oxygen atoms in total. The molecule has 0 bridgehead atoms. The molecule has 2 N–H and O–H groups in total. The van der Waals surface area contributed by atoms with Crippen LogP contribution >= 0.6 is 0 Å². The van der Waals surface area contributed by atoms with Crippen molar-refractivity contribution >= 4 is 5.91 Å². The summed E-state index contributed by atoms with van der Waals surface area (Å²) in [5.74, 6) is 0.975. The number of nitrogens with zero attached hydrogens (tertiary/aromatic N) is 1. The van der Waals surface area contributed by atoms with Gasteiger partial charge in [-0.15, -0.1) is 0 Å². The van der Waals surface area contributed by atoms with Crippen LogP contribution < -0.4 is 5.73 Å². The molecule has 19 heavy (non-hydrogen) atoms. The van der Waals surface area contributed by atoms with Crippen molar-refractivity contribution in [1.82, 2.24) is 4.90 Å². The number of rotatable bonds is 3. The van der Waals surface area contributed by atoms with E-state index in [4.69, 9.17) is 10.5 Å². The van der Waals surface area contributed by atoms with Gasteiger partial charge >= 0.3 is 0 Å². The van der Waals surface area contributed by atoms with E-state index < -0.39 is 6.10 Å². The van der Waals surface area contributed by atoms with Crippen molar-refractivity contribution in [3.05, 3.63) is 11.6 Å². The summed E-state index contributed by atoms with van der Waals surface area (Å²) < 4.78 is 5.59. The van der Waals surface area contributed by atoms with Crippen LogP contribution in [0.2, 0.25) is 0 Å². The predicted octanol–water partition coefficient (Wildman–Crippen LogP) is 1.55. The monoisotopic (exact) mass is 266 g/mol. The molecule has 1 fully saturated rings. The predicted molar refractivity (Wildman–Crippen MR) is 75.6 cm³/mol. The van der Waals surface area contributed by atoms with Crippen molar-refractivity contribution in [3.63, 3.8) is 0 Å². The second kappa shape index (κ2) is 6.06. The number of hydrogen-bond acceptors (Lipinski definition) is 3. The highest BCUT2D eigenvalue weighted by molar-refractivity contribution is 5.79. The number of carbonyl (C=O) groups is 1. The Morgan fingerprint density at radius 2 is 2.21 bits per heavy atom. The fourth-order valence-electron chi connectivity index (χ4n) is 3.32.